The van der Waals surface area contributed by atoms with Crippen molar-refractivity contribution in [2.75, 3.05) is 7.11 Å². The van der Waals surface area contributed by atoms with Crippen LogP contribution in [0.3, 0.4) is 0 Å². The van der Waals surface area contributed by atoms with Crippen molar-refractivity contribution in [2.45, 2.75) is 6.61 Å². The molecule has 0 unspecified atom stereocenters. The first-order chi connectivity index (χ1) is 14.5. The van der Waals surface area contributed by atoms with E-state index in [1.54, 1.807) is 11.6 Å². The number of esters is 1. The van der Waals surface area contributed by atoms with Crippen molar-refractivity contribution in [3.05, 3.63) is 64.9 Å². The number of ether oxygens (including phenoxy) is 3. The molecule has 10 heteroatoms. The molecule has 1 aliphatic rings. The number of nitrogens with zero attached hydrogens (tertiary/aromatic N) is 3. The van der Waals surface area contributed by atoms with E-state index in [1.807, 2.05) is 18.2 Å². The molecule has 0 N–H and O–H groups in total. The number of halogens is 2. The molecular weight excluding hydrogens is 416 g/mol. The van der Waals surface area contributed by atoms with Gasteiger partial charge >= 0.3 is 12.6 Å². The number of carbonyl (C=O) groups is 1. The Bertz CT molecular complexity index is 1150. The van der Waals surface area contributed by atoms with Gasteiger partial charge in [-0.1, -0.05) is 6.07 Å². The van der Waals surface area contributed by atoms with Crippen molar-refractivity contribution in [1.82, 2.24) is 9.97 Å². The van der Waals surface area contributed by atoms with Crippen LogP contribution in [0, 0.1) is 0 Å². The topological polar surface area (TPSA) is 82.9 Å². The van der Waals surface area contributed by atoms with Gasteiger partial charge in [0.15, 0.2) is 17.2 Å². The molecule has 0 fully saturated rings. The van der Waals surface area contributed by atoms with Crippen LogP contribution in [0.25, 0.3) is 16.8 Å². The van der Waals surface area contributed by atoms with Gasteiger partial charge in [0.2, 0.25) is 5.90 Å². The van der Waals surface area contributed by atoms with Crippen LogP contribution >= 0.6 is 11.3 Å². The number of alkyl halides is 2. The fourth-order valence-corrected chi connectivity index (χ4v) is 3.38. The lowest BCUT2D eigenvalue weighted by Gasteiger charge is -2.10. The molecule has 0 amide bonds. The largest absolute Gasteiger partial charge is 0.493 e. The maximum Gasteiger partial charge on any atom is 0.387 e. The zero-order chi connectivity index (χ0) is 21.1. The van der Waals surface area contributed by atoms with Crippen LogP contribution in [0.2, 0.25) is 0 Å². The fraction of sp³-hybridized carbons (Fsp3) is 0.100. The molecular formula is C20H13F2N3O4S. The Morgan fingerprint density at radius 1 is 1.20 bits per heavy atom. The molecule has 3 aromatic rings. The molecule has 0 atom stereocenters. The highest BCUT2D eigenvalue weighted by Crippen LogP contribution is 2.31. The molecule has 1 aromatic carbocycles. The number of benzene rings is 1. The van der Waals surface area contributed by atoms with Gasteiger partial charge in [0.05, 0.1) is 18.5 Å². The molecule has 0 radical (unpaired) electrons. The minimum absolute atomic E-state index is 0.0216. The lowest BCUT2D eigenvalue weighted by atomic mass is 10.2. The van der Waals surface area contributed by atoms with Crippen LogP contribution < -0.4 is 9.47 Å². The molecule has 7 nitrogen and oxygen atoms in total. The van der Waals surface area contributed by atoms with Gasteiger partial charge in [0.1, 0.15) is 5.01 Å². The Morgan fingerprint density at radius 2 is 2.07 bits per heavy atom. The maximum atomic E-state index is 12.5. The molecule has 0 aliphatic carbocycles. The number of pyridine rings is 1. The fourth-order valence-electron chi connectivity index (χ4n) is 2.63. The average molecular weight is 429 g/mol. The lowest BCUT2D eigenvalue weighted by Crippen LogP contribution is -2.07. The summed E-state index contributed by atoms with van der Waals surface area (Å²) in [6, 6.07) is 9.64. The number of hydrogen-bond acceptors (Lipinski definition) is 8. The quantitative estimate of drug-likeness (QED) is 0.432. The standard InChI is InChI=1S/C20H13F2N3O4S/c1-27-16-8-11(5-6-15(16)28-20(21)22)17-25-14(19(26)29-17)9-12-10-30-18(24-12)13-4-2-3-7-23-13/h2-10,20H,1H3/b14-9+. The Hall–Kier alpha value is -3.66. The van der Waals surface area contributed by atoms with Gasteiger partial charge in [-0.2, -0.15) is 8.78 Å². The van der Waals surface area contributed by atoms with Crippen molar-refractivity contribution in [3.63, 3.8) is 0 Å². The predicted molar refractivity (Wildman–Crippen MR) is 106 cm³/mol. The third-order valence-corrected chi connectivity index (χ3v) is 4.82. The molecule has 0 spiro atoms. The van der Waals surface area contributed by atoms with Crippen LogP contribution in [-0.4, -0.2) is 35.6 Å². The summed E-state index contributed by atoms with van der Waals surface area (Å²) in [5, 5.41) is 2.48. The van der Waals surface area contributed by atoms with E-state index in [2.05, 4.69) is 19.7 Å². The molecule has 30 heavy (non-hydrogen) atoms. The third kappa shape index (κ3) is 4.18. The third-order valence-electron chi connectivity index (χ3n) is 3.94. The van der Waals surface area contributed by atoms with E-state index in [9.17, 15) is 13.6 Å². The van der Waals surface area contributed by atoms with E-state index < -0.39 is 12.6 Å². The first kappa shape index (κ1) is 19.6. The predicted octanol–water partition coefficient (Wildman–Crippen LogP) is 4.16. The summed E-state index contributed by atoms with van der Waals surface area (Å²) in [4.78, 5) is 25.1. The summed E-state index contributed by atoms with van der Waals surface area (Å²) >= 11 is 1.39. The van der Waals surface area contributed by atoms with E-state index in [-0.39, 0.29) is 23.1 Å². The van der Waals surface area contributed by atoms with Gasteiger partial charge in [-0.3, -0.25) is 4.98 Å². The van der Waals surface area contributed by atoms with E-state index in [1.165, 1.54) is 42.7 Å². The molecule has 0 saturated carbocycles. The summed E-state index contributed by atoms with van der Waals surface area (Å²) < 4.78 is 39.6. The number of carbonyl (C=O) groups excluding carboxylic acids is 1. The van der Waals surface area contributed by atoms with E-state index >= 15 is 0 Å². The van der Waals surface area contributed by atoms with Crippen molar-refractivity contribution in [1.29, 1.82) is 0 Å². The summed E-state index contributed by atoms with van der Waals surface area (Å²) in [7, 11) is 1.31. The summed E-state index contributed by atoms with van der Waals surface area (Å²) in [5.41, 5.74) is 1.70. The van der Waals surface area contributed by atoms with Crippen LogP contribution in [0.5, 0.6) is 11.5 Å². The molecule has 0 bridgehead atoms. The minimum atomic E-state index is -2.99. The number of rotatable bonds is 6. The highest BCUT2D eigenvalue weighted by atomic mass is 32.1. The Kier molecular flexibility index (Phi) is 5.48. The summed E-state index contributed by atoms with van der Waals surface area (Å²) in [6.07, 6.45) is 3.18. The van der Waals surface area contributed by atoms with Crippen LogP contribution in [0.4, 0.5) is 8.78 Å². The summed E-state index contributed by atoms with van der Waals surface area (Å²) in [6.45, 7) is -2.99. The van der Waals surface area contributed by atoms with Gasteiger partial charge in [0, 0.05) is 17.1 Å². The zero-order valence-electron chi connectivity index (χ0n) is 15.4. The maximum absolute atomic E-state index is 12.5. The second kappa shape index (κ2) is 8.37. The van der Waals surface area contributed by atoms with Crippen LogP contribution in [0.1, 0.15) is 11.3 Å². The number of aliphatic imine (C=N–C) groups is 1. The first-order valence-corrected chi connectivity index (χ1v) is 9.44. The summed E-state index contributed by atoms with van der Waals surface area (Å²) in [5.74, 6) is -0.706. The van der Waals surface area contributed by atoms with Gasteiger partial charge in [-0.15, -0.1) is 11.3 Å². The number of aromatic nitrogens is 2. The zero-order valence-corrected chi connectivity index (χ0v) is 16.2. The lowest BCUT2D eigenvalue weighted by molar-refractivity contribution is -0.129. The Balaban J connectivity index is 1.59. The van der Waals surface area contributed by atoms with Gasteiger partial charge in [-0.05, 0) is 36.4 Å². The van der Waals surface area contributed by atoms with Gasteiger partial charge in [0.25, 0.3) is 0 Å². The number of thiazole rings is 1. The van der Waals surface area contributed by atoms with Gasteiger partial charge < -0.3 is 14.2 Å². The second-order valence-corrected chi connectivity index (χ2v) is 6.73. The highest BCUT2D eigenvalue weighted by molar-refractivity contribution is 7.13. The molecule has 4 rings (SSSR count). The van der Waals surface area contributed by atoms with Gasteiger partial charge in [-0.25, -0.2) is 14.8 Å². The minimum Gasteiger partial charge on any atom is -0.493 e. The molecule has 0 saturated heterocycles. The highest BCUT2D eigenvalue weighted by Gasteiger charge is 2.25. The number of hydrogen-bond donors (Lipinski definition) is 0. The Labute approximate surface area is 173 Å². The average Bonchev–Trinajstić information content (AvgIpc) is 3.36. The van der Waals surface area contributed by atoms with E-state index in [0.717, 1.165) is 5.69 Å². The van der Waals surface area contributed by atoms with E-state index in [0.29, 0.717) is 16.3 Å². The van der Waals surface area contributed by atoms with E-state index in [4.69, 9.17) is 9.47 Å². The van der Waals surface area contributed by atoms with Crippen molar-refractivity contribution >= 4 is 29.3 Å². The monoisotopic (exact) mass is 429 g/mol. The van der Waals surface area contributed by atoms with Crippen LogP contribution in [-0.2, 0) is 9.53 Å². The van der Waals surface area contributed by atoms with Crippen molar-refractivity contribution < 1.29 is 27.8 Å². The number of cyclic esters (lactones) is 1. The van der Waals surface area contributed by atoms with Crippen LogP contribution in [0.15, 0.2) is 58.7 Å². The molecule has 152 valence electrons. The smallest absolute Gasteiger partial charge is 0.387 e. The Morgan fingerprint density at radius 3 is 2.80 bits per heavy atom. The molecule has 1 aliphatic heterocycles. The van der Waals surface area contributed by atoms with Crippen molar-refractivity contribution in [2.24, 2.45) is 4.99 Å². The first-order valence-electron chi connectivity index (χ1n) is 8.56. The second-order valence-electron chi connectivity index (χ2n) is 5.87. The SMILES string of the molecule is COc1cc(C2=N/C(=C/c3csc(-c4ccccn4)n3)C(=O)O2)ccc1OC(F)F. The normalized spacial score (nSPS) is 14.7. The number of methoxy groups -OCH3 is 1. The van der Waals surface area contributed by atoms with Crippen molar-refractivity contribution in [3.8, 4) is 22.2 Å². The molecule has 2 aromatic heterocycles. The molecule has 3 heterocycles.